The third kappa shape index (κ3) is 5.21. The van der Waals surface area contributed by atoms with Gasteiger partial charge in [0.2, 0.25) is 0 Å². The number of hydrogen-bond acceptors (Lipinski definition) is 5. The van der Waals surface area contributed by atoms with Crippen LogP contribution in [0.2, 0.25) is 0 Å². The van der Waals surface area contributed by atoms with Crippen LogP contribution in [0.1, 0.15) is 26.6 Å². The number of aromatic amines is 1. The fourth-order valence-electron chi connectivity index (χ4n) is 1.90. The Bertz CT molecular complexity index is 648. The van der Waals surface area contributed by atoms with E-state index in [9.17, 15) is 4.79 Å². The Morgan fingerprint density at radius 3 is 2.74 bits per heavy atom. The van der Waals surface area contributed by atoms with E-state index in [4.69, 9.17) is 9.47 Å². The molecule has 1 aromatic carbocycles. The fourth-order valence-corrected chi connectivity index (χ4v) is 1.90. The van der Waals surface area contributed by atoms with Crippen molar-refractivity contribution in [2.75, 3.05) is 17.7 Å². The van der Waals surface area contributed by atoms with Crippen molar-refractivity contribution in [3.05, 3.63) is 36.4 Å². The molecule has 124 valence electrons. The number of amides is 1. The van der Waals surface area contributed by atoms with Gasteiger partial charge in [-0.25, -0.2) is 9.78 Å². The van der Waals surface area contributed by atoms with Crippen molar-refractivity contribution in [3.63, 3.8) is 0 Å². The summed E-state index contributed by atoms with van der Waals surface area (Å²) >= 11 is 0. The molecule has 0 aliphatic heterocycles. The van der Waals surface area contributed by atoms with E-state index in [1.165, 1.54) is 0 Å². The largest absolute Gasteiger partial charge is 0.494 e. The minimum atomic E-state index is -0.554. The van der Waals surface area contributed by atoms with Crippen molar-refractivity contribution in [3.8, 4) is 5.75 Å². The molecule has 0 aliphatic rings. The molecule has 0 atom stereocenters. The average Bonchev–Trinajstić information content (AvgIpc) is 2.97. The molecule has 1 heterocycles. The standard InChI is InChI=1S/C16H22N4O3/c1-16(2,3)23-15(21)20-12-6-5-11(9-13(12)22-4)19-10-14-17-7-8-18-14/h5-9,19H,10H2,1-4H3,(H,17,18)(H,20,21). The zero-order valence-electron chi connectivity index (χ0n) is 13.8. The summed E-state index contributed by atoms with van der Waals surface area (Å²) in [6, 6.07) is 5.40. The molecule has 2 rings (SSSR count). The number of methoxy groups -OCH3 is 1. The summed E-state index contributed by atoms with van der Waals surface area (Å²) in [7, 11) is 1.55. The smallest absolute Gasteiger partial charge is 0.412 e. The lowest BCUT2D eigenvalue weighted by atomic mass is 10.2. The van der Waals surface area contributed by atoms with Crippen molar-refractivity contribution in [1.29, 1.82) is 0 Å². The van der Waals surface area contributed by atoms with Gasteiger partial charge in [0.1, 0.15) is 17.2 Å². The molecule has 1 amide bonds. The number of nitrogens with zero attached hydrogens (tertiary/aromatic N) is 1. The summed E-state index contributed by atoms with van der Waals surface area (Å²) < 4.78 is 10.6. The van der Waals surface area contributed by atoms with E-state index in [1.54, 1.807) is 31.6 Å². The van der Waals surface area contributed by atoms with Gasteiger partial charge in [-0.05, 0) is 32.9 Å². The second-order valence-electron chi connectivity index (χ2n) is 5.93. The van der Waals surface area contributed by atoms with Crippen LogP contribution < -0.4 is 15.4 Å². The highest BCUT2D eigenvalue weighted by Gasteiger charge is 2.17. The van der Waals surface area contributed by atoms with Gasteiger partial charge in [0, 0.05) is 24.1 Å². The lowest BCUT2D eigenvalue weighted by Crippen LogP contribution is -2.27. The topological polar surface area (TPSA) is 88.3 Å². The summed E-state index contributed by atoms with van der Waals surface area (Å²) in [5.41, 5.74) is 0.847. The number of aromatic nitrogens is 2. The number of hydrogen-bond donors (Lipinski definition) is 3. The number of carbonyl (C=O) groups is 1. The highest BCUT2D eigenvalue weighted by Crippen LogP contribution is 2.28. The maximum absolute atomic E-state index is 11.8. The van der Waals surface area contributed by atoms with E-state index >= 15 is 0 Å². The first-order valence-electron chi connectivity index (χ1n) is 7.27. The SMILES string of the molecule is COc1cc(NCc2ncc[nH]2)ccc1NC(=O)OC(C)(C)C. The van der Waals surface area contributed by atoms with Crippen molar-refractivity contribution in [2.24, 2.45) is 0 Å². The van der Waals surface area contributed by atoms with Gasteiger partial charge < -0.3 is 19.8 Å². The second kappa shape index (κ2) is 7.04. The lowest BCUT2D eigenvalue weighted by Gasteiger charge is -2.20. The molecule has 0 saturated heterocycles. The Kier molecular flexibility index (Phi) is 5.10. The van der Waals surface area contributed by atoms with Gasteiger partial charge in [-0.3, -0.25) is 5.32 Å². The average molecular weight is 318 g/mol. The highest BCUT2D eigenvalue weighted by atomic mass is 16.6. The lowest BCUT2D eigenvalue weighted by molar-refractivity contribution is 0.0635. The minimum absolute atomic E-state index is 0.521. The van der Waals surface area contributed by atoms with Crippen molar-refractivity contribution in [1.82, 2.24) is 9.97 Å². The van der Waals surface area contributed by atoms with Gasteiger partial charge in [0.05, 0.1) is 19.3 Å². The first kappa shape index (κ1) is 16.7. The molecule has 2 aromatic rings. The van der Waals surface area contributed by atoms with Gasteiger partial charge in [-0.1, -0.05) is 0 Å². The number of ether oxygens (including phenoxy) is 2. The van der Waals surface area contributed by atoms with Crippen molar-refractivity contribution >= 4 is 17.5 Å². The number of imidazole rings is 1. The van der Waals surface area contributed by atoms with Gasteiger partial charge in [-0.15, -0.1) is 0 Å². The molecule has 0 fully saturated rings. The Morgan fingerprint density at radius 2 is 2.13 bits per heavy atom. The molecular formula is C16H22N4O3. The molecule has 7 nitrogen and oxygen atoms in total. The summed E-state index contributed by atoms with van der Waals surface area (Å²) in [5.74, 6) is 1.38. The number of benzene rings is 1. The van der Waals surface area contributed by atoms with E-state index in [2.05, 4.69) is 20.6 Å². The van der Waals surface area contributed by atoms with Crippen LogP contribution in [0.25, 0.3) is 0 Å². The summed E-state index contributed by atoms with van der Waals surface area (Å²) in [5, 5.41) is 5.91. The molecule has 1 aromatic heterocycles. The Hall–Kier alpha value is -2.70. The molecule has 3 N–H and O–H groups in total. The Morgan fingerprint density at radius 1 is 1.35 bits per heavy atom. The van der Waals surface area contributed by atoms with E-state index in [0.29, 0.717) is 18.0 Å². The number of H-pyrrole nitrogens is 1. The number of nitrogens with one attached hydrogen (secondary N) is 3. The molecule has 23 heavy (non-hydrogen) atoms. The van der Waals surface area contributed by atoms with E-state index in [1.807, 2.05) is 26.8 Å². The summed E-state index contributed by atoms with van der Waals surface area (Å²) in [6.07, 6.45) is 2.95. The summed E-state index contributed by atoms with van der Waals surface area (Å²) in [4.78, 5) is 19.0. The maximum Gasteiger partial charge on any atom is 0.412 e. The van der Waals surface area contributed by atoms with Crippen LogP contribution in [0.4, 0.5) is 16.2 Å². The van der Waals surface area contributed by atoms with Crippen LogP contribution in [0, 0.1) is 0 Å². The molecular weight excluding hydrogens is 296 g/mol. The first-order chi connectivity index (χ1) is 10.9. The quantitative estimate of drug-likeness (QED) is 0.786. The zero-order chi connectivity index (χ0) is 16.9. The zero-order valence-corrected chi connectivity index (χ0v) is 13.8. The molecule has 0 radical (unpaired) electrons. The van der Waals surface area contributed by atoms with Crippen molar-refractivity contribution in [2.45, 2.75) is 32.9 Å². The van der Waals surface area contributed by atoms with E-state index in [-0.39, 0.29) is 0 Å². The third-order valence-electron chi connectivity index (χ3n) is 2.85. The minimum Gasteiger partial charge on any atom is -0.494 e. The van der Waals surface area contributed by atoms with Crippen molar-refractivity contribution < 1.29 is 14.3 Å². The number of rotatable bonds is 5. The van der Waals surface area contributed by atoms with Gasteiger partial charge in [0.15, 0.2) is 0 Å². The molecule has 0 unspecified atom stereocenters. The van der Waals surface area contributed by atoms with Gasteiger partial charge in [0.25, 0.3) is 0 Å². The molecule has 7 heteroatoms. The molecule has 0 bridgehead atoms. The Labute approximate surface area is 135 Å². The molecule has 0 aliphatic carbocycles. The third-order valence-corrected chi connectivity index (χ3v) is 2.85. The number of carbonyl (C=O) groups excluding carboxylic acids is 1. The fraction of sp³-hybridized carbons (Fsp3) is 0.375. The highest BCUT2D eigenvalue weighted by molar-refractivity contribution is 5.87. The normalized spacial score (nSPS) is 11.0. The van der Waals surface area contributed by atoms with Gasteiger partial charge in [-0.2, -0.15) is 0 Å². The Balaban J connectivity index is 2.02. The predicted molar refractivity (Wildman–Crippen MR) is 88.8 cm³/mol. The summed E-state index contributed by atoms with van der Waals surface area (Å²) in [6.45, 7) is 6.00. The van der Waals surface area contributed by atoms with Crippen LogP contribution in [-0.2, 0) is 11.3 Å². The van der Waals surface area contributed by atoms with Crippen LogP contribution >= 0.6 is 0 Å². The van der Waals surface area contributed by atoms with Crippen LogP contribution in [0.15, 0.2) is 30.6 Å². The first-order valence-corrected chi connectivity index (χ1v) is 7.27. The second-order valence-corrected chi connectivity index (χ2v) is 5.93. The van der Waals surface area contributed by atoms with E-state index < -0.39 is 11.7 Å². The van der Waals surface area contributed by atoms with Crippen LogP contribution in [-0.4, -0.2) is 28.8 Å². The molecule has 0 spiro atoms. The monoisotopic (exact) mass is 318 g/mol. The van der Waals surface area contributed by atoms with Crippen LogP contribution in [0.3, 0.4) is 0 Å². The van der Waals surface area contributed by atoms with Gasteiger partial charge >= 0.3 is 6.09 Å². The predicted octanol–water partition coefficient (Wildman–Crippen LogP) is 3.38. The molecule has 0 saturated carbocycles. The van der Waals surface area contributed by atoms with Crippen LogP contribution in [0.5, 0.6) is 5.75 Å². The maximum atomic E-state index is 11.8. The number of anilines is 2. The van der Waals surface area contributed by atoms with E-state index in [0.717, 1.165) is 11.5 Å².